The molecule has 0 saturated carbocycles. The number of H-pyrrole nitrogens is 1. The molecule has 0 saturated heterocycles. The van der Waals surface area contributed by atoms with Crippen LogP contribution in [0.25, 0.3) is 21.3 Å². The predicted octanol–water partition coefficient (Wildman–Crippen LogP) is 1.98. The van der Waals surface area contributed by atoms with Gasteiger partial charge in [-0.3, -0.25) is 14.7 Å². The molecule has 0 fully saturated rings. The van der Waals surface area contributed by atoms with Crippen molar-refractivity contribution in [3.05, 3.63) is 55.6 Å². The lowest BCUT2D eigenvalue weighted by Gasteiger charge is -2.04. The van der Waals surface area contributed by atoms with Crippen LogP contribution in [0.1, 0.15) is 26.1 Å². The minimum absolute atomic E-state index is 0.156. The number of hydrogen-bond donors (Lipinski definition) is 1. The average Bonchev–Trinajstić information content (AvgIpc) is 3.46. The summed E-state index contributed by atoms with van der Waals surface area (Å²) in [5.41, 5.74) is 4.19. The second-order valence-corrected chi connectivity index (χ2v) is 8.20. The smallest absolute Gasteiger partial charge is 0.291 e. The number of nitrogens with zero attached hydrogens (tertiary/aromatic N) is 6. The van der Waals surface area contributed by atoms with Crippen LogP contribution < -0.4 is 5.56 Å². The molecule has 5 heterocycles. The molecule has 1 N–H and O–H groups in total. The van der Waals surface area contributed by atoms with Gasteiger partial charge in [0.1, 0.15) is 10.5 Å². The fourth-order valence-electron chi connectivity index (χ4n) is 3.20. The Balaban J connectivity index is 1.60. The zero-order valence-corrected chi connectivity index (χ0v) is 16.3. The van der Waals surface area contributed by atoms with Gasteiger partial charge in [-0.05, 0) is 6.07 Å². The van der Waals surface area contributed by atoms with Crippen molar-refractivity contribution in [2.75, 3.05) is 0 Å². The van der Waals surface area contributed by atoms with Crippen molar-refractivity contribution in [2.45, 2.75) is 13.0 Å². The molecule has 5 rings (SSSR count). The highest BCUT2D eigenvalue weighted by Crippen LogP contribution is 2.31. The topological polar surface area (TPSA) is 111 Å². The first kappa shape index (κ1) is 17.0. The molecule has 5 aromatic heterocycles. The largest absolute Gasteiger partial charge is 0.323 e. The van der Waals surface area contributed by atoms with E-state index in [1.54, 1.807) is 33.8 Å². The maximum Gasteiger partial charge on any atom is 0.291 e. The lowest BCUT2D eigenvalue weighted by atomic mass is 10.3. The van der Waals surface area contributed by atoms with Crippen LogP contribution in [0.3, 0.4) is 0 Å². The van der Waals surface area contributed by atoms with Gasteiger partial charge in [-0.1, -0.05) is 0 Å². The quantitative estimate of drug-likeness (QED) is 0.443. The number of hydrogen-bond acceptors (Lipinski definition) is 8. The first-order chi connectivity index (χ1) is 13.7. The molecule has 0 aromatic carbocycles. The number of carbonyl (C=O) groups excluding carboxylic acids is 1. The molecule has 0 atom stereocenters. The highest BCUT2D eigenvalue weighted by Gasteiger charge is 2.19. The van der Waals surface area contributed by atoms with Crippen molar-refractivity contribution in [2.24, 2.45) is 7.05 Å². The lowest BCUT2D eigenvalue weighted by Crippen LogP contribution is -2.25. The highest BCUT2D eigenvalue weighted by molar-refractivity contribution is 7.19. The van der Waals surface area contributed by atoms with Crippen LogP contribution in [-0.4, -0.2) is 40.8 Å². The van der Waals surface area contributed by atoms with Crippen molar-refractivity contribution in [3.8, 4) is 0 Å². The molecule has 0 spiro atoms. The summed E-state index contributed by atoms with van der Waals surface area (Å²) < 4.78 is 4.07. The third-order valence-corrected chi connectivity index (χ3v) is 6.42. The van der Waals surface area contributed by atoms with Gasteiger partial charge in [0.2, 0.25) is 0 Å². The third kappa shape index (κ3) is 2.59. The SMILES string of the molecule is Cn1c2nc(Cc3ccn[nH]3)sc2c2cnn(Cc3ncsc3C=O)c(=O)c21. The Bertz CT molecular complexity index is 1370. The minimum atomic E-state index is -0.231. The van der Waals surface area contributed by atoms with E-state index in [0.717, 1.165) is 32.7 Å². The van der Waals surface area contributed by atoms with E-state index in [1.165, 1.54) is 16.0 Å². The molecule has 28 heavy (non-hydrogen) atoms. The molecule has 11 heteroatoms. The maximum absolute atomic E-state index is 13.0. The number of nitrogens with one attached hydrogen (secondary N) is 1. The minimum Gasteiger partial charge on any atom is -0.323 e. The Kier molecular flexibility index (Phi) is 3.91. The molecule has 0 radical (unpaired) electrons. The van der Waals surface area contributed by atoms with Gasteiger partial charge in [0.05, 0.1) is 33.5 Å². The number of thiazole rings is 2. The Labute approximate surface area is 165 Å². The Morgan fingerprint density at radius 2 is 2.25 bits per heavy atom. The number of carbonyl (C=O) groups is 1. The Hall–Kier alpha value is -3.18. The maximum atomic E-state index is 13.0. The first-order valence-corrected chi connectivity index (χ1v) is 10.0. The molecule has 9 nitrogen and oxygen atoms in total. The number of aryl methyl sites for hydroxylation is 1. The summed E-state index contributed by atoms with van der Waals surface area (Å²) in [6.07, 6.45) is 4.80. The Morgan fingerprint density at radius 1 is 1.36 bits per heavy atom. The second-order valence-electron chi connectivity index (χ2n) is 6.23. The molecule has 140 valence electrons. The van der Waals surface area contributed by atoms with Crippen molar-refractivity contribution in [1.82, 2.24) is 34.5 Å². The summed E-state index contributed by atoms with van der Waals surface area (Å²) in [7, 11) is 1.83. The monoisotopic (exact) mass is 411 g/mol. The van der Waals surface area contributed by atoms with Crippen molar-refractivity contribution in [1.29, 1.82) is 0 Å². The highest BCUT2D eigenvalue weighted by atomic mass is 32.1. The van der Waals surface area contributed by atoms with Crippen LogP contribution in [0.2, 0.25) is 0 Å². The summed E-state index contributed by atoms with van der Waals surface area (Å²) in [5.74, 6) is 0. The third-order valence-electron chi connectivity index (χ3n) is 4.55. The van der Waals surface area contributed by atoms with Gasteiger partial charge in [-0.25, -0.2) is 14.6 Å². The van der Waals surface area contributed by atoms with Gasteiger partial charge in [0, 0.05) is 30.7 Å². The number of rotatable bonds is 5. The molecule has 0 unspecified atom stereocenters. The number of aromatic nitrogens is 7. The van der Waals surface area contributed by atoms with Crippen LogP contribution in [-0.2, 0) is 20.0 Å². The van der Waals surface area contributed by atoms with E-state index in [0.29, 0.717) is 22.5 Å². The van der Waals surface area contributed by atoms with E-state index < -0.39 is 0 Å². The van der Waals surface area contributed by atoms with Gasteiger partial charge in [0.25, 0.3) is 5.56 Å². The van der Waals surface area contributed by atoms with Gasteiger partial charge in [0.15, 0.2) is 11.9 Å². The van der Waals surface area contributed by atoms with Crippen LogP contribution in [0.4, 0.5) is 0 Å². The van der Waals surface area contributed by atoms with Gasteiger partial charge in [-0.15, -0.1) is 22.7 Å². The van der Waals surface area contributed by atoms with E-state index in [1.807, 2.05) is 13.1 Å². The van der Waals surface area contributed by atoms with Crippen LogP contribution in [0.15, 0.2) is 28.8 Å². The molecular formula is C17H13N7O2S2. The molecule has 0 aliphatic rings. The summed E-state index contributed by atoms with van der Waals surface area (Å²) >= 11 is 2.79. The fourth-order valence-corrected chi connectivity index (χ4v) is 4.93. The zero-order valence-electron chi connectivity index (χ0n) is 14.6. The van der Waals surface area contributed by atoms with E-state index >= 15 is 0 Å². The molecule has 0 bridgehead atoms. The zero-order chi connectivity index (χ0) is 19.3. The molecule has 0 aliphatic heterocycles. The Morgan fingerprint density at radius 3 is 3.04 bits per heavy atom. The normalized spacial score (nSPS) is 11.6. The second kappa shape index (κ2) is 6.46. The fraction of sp³-hybridized carbons (Fsp3) is 0.176. The van der Waals surface area contributed by atoms with Crippen molar-refractivity contribution >= 4 is 50.2 Å². The number of aromatic amines is 1. The predicted molar refractivity (Wildman–Crippen MR) is 106 cm³/mol. The summed E-state index contributed by atoms with van der Waals surface area (Å²) in [5, 5.41) is 12.9. The van der Waals surface area contributed by atoms with Gasteiger partial charge < -0.3 is 4.57 Å². The molecule has 0 aliphatic carbocycles. The van der Waals surface area contributed by atoms with Crippen molar-refractivity contribution < 1.29 is 4.79 Å². The lowest BCUT2D eigenvalue weighted by molar-refractivity contribution is 0.112. The standard InChI is InChI=1S/C17H13N7O2S2/c1-23-14-10(15-16(23)21-13(28-15)4-9-2-3-19-22-9)5-20-24(17(14)26)6-11-12(7-25)27-8-18-11/h2-3,5,7-8H,4,6H2,1H3,(H,19,22). The molecular weight excluding hydrogens is 398 g/mol. The van der Waals surface area contributed by atoms with Crippen LogP contribution in [0, 0.1) is 0 Å². The van der Waals surface area contributed by atoms with E-state index in [9.17, 15) is 9.59 Å². The van der Waals surface area contributed by atoms with Gasteiger partial charge in [-0.2, -0.15) is 10.2 Å². The van der Waals surface area contributed by atoms with Gasteiger partial charge >= 0.3 is 0 Å². The average molecular weight is 411 g/mol. The number of fused-ring (bicyclic) bond motifs is 3. The molecule has 0 amide bonds. The number of aldehydes is 1. The first-order valence-electron chi connectivity index (χ1n) is 8.35. The summed E-state index contributed by atoms with van der Waals surface area (Å²) in [6, 6.07) is 1.91. The van der Waals surface area contributed by atoms with Crippen LogP contribution in [0.5, 0.6) is 0 Å². The van der Waals surface area contributed by atoms with Crippen molar-refractivity contribution in [3.63, 3.8) is 0 Å². The summed E-state index contributed by atoms with van der Waals surface area (Å²) in [4.78, 5) is 33.5. The summed E-state index contributed by atoms with van der Waals surface area (Å²) in [6.45, 7) is 0.156. The van der Waals surface area contributed by atoms with E-state index in [4.69, 9.17) is 4.98 Å². The van der Waals surface area contributed by atoms with E-state index in [-0.39, 0.29) is 12.1 Å². The molecule has 5 aromatic rings. The van der Waals surface area contributed by atoms with E-state index in [2.05, 4.69) is 20.3 Å². The van der Waals surface area contributed by atoms with Crippen LogP contribution >= 0.6 is 22.7 Å².